The van der Waals surface area contributed by atoms with Gasteiger partial charge in [-0.3, -0.25) is 14.9 Å². The van der Waals surface area contributed by atoms with Crippen LogP contribution >= 0.6 is 12.4 Å². The van der Waals surface area contributed by atoms with E-state index in [2.05, 4.69) is 10.6 Å². The summed E-state index contributed by atoms with van der Waals surface area (Å²) >= 11 is 0. The lowest BCUT2D eigenvalue weighted by Gasteiger charge is -2.06. The number of nitrogens with zero attached hydrogens (tertiary/aromatic N) is 1. The van der Waals surface area contributed by atoms with Gasteiger partial charge in [0.05, 0.1) is 4.92 Å². The Labute approximate surface area is 122 Å². The Morgan fingerprint density at radius 3 is 2.65 bits per heavy atom. The Morgan fingerprint density at radius 2 is 2.05 bits per heavy atom. The van der Waals surface area contributed by atoms with Crippen LogP contribution < -0.4 is 10.6 Å². The standard InChI is InChI=1S/C12H16FN3O3.ClH/c1-2-5-14-6-7-15-12(17)10-8-9(13)3-4-11(10)16(18)19;/h3-4,8,14H,2,5-7H2,1H3,(H,15,17);1H. The fourth-order valence-corrected chi connectivity index (χ4v) is 1.51. The van der Waals surface area contributed by atoms with Gasteiger partial charge in [0.15, 0.2) is 0 Å². The lowest BCUT2D eigenvalue weighted by Crippen LogP contribution is -2.32. The molecule has 0 spiro atoms. The maximum atomic E-state index is 13.0. The van der Waals surface area contributed by atoms with Crippen LogP contribution in [0.15, 0.2) is 18.2 Å². The van der Waals surface area contributed by atoms with Crippen LogP contribution in [-0.4, -0.2) is 30.5 Å². The van der Waals surface area contributed by atoms with E-state index in [9.17, 15) is 19.3 Å². The number of rotatable bonds is 7. The average Bonchev–Trinajstić information content (AvgIpc) is 2.37. The van der Waals surface area contributed by atoms with Crippen LogP contribution in [0.5, 0.6) is 0 Å². The van der Waals surface area contributed by atoms with E-state index in [-0.39, 0.29) is 18.0 Å². The second kappa shape index (κ2) is 9.22. The van der Waals surface area contributed by atoms with Crippen LogP contribution in [-0.2, 0) is 0 Å². The summed E-state index contributed by atoms with van der Waals surface area (Å²) in [6.07, 6.45) is 0.976. The highest BCUT2D eigenvalue weighted by molar-refractivity contribution is 5.98. The molecule has 2 N–H and O–H groups in total. The molecular formula is C12H17ClFN3O3. The highest BCUT2D eigenvalue weighted by Gasteiger charge is 2.20. The summed E-state index contributed by atoms with van der Waals surface area (Å²) in [5.74, 6) is -1.33. The minimum atomic E-state index is -0.705. The SMILES string of the molecule is CCCNCCNC(=O)c1cc(F)ccc1[N+](=O)[O-].Cl. The number of halogens is 2. The van der Waals surface area contributed by atoms with E-state index in [4.69, 9.17) is 0 Å². The Morgan fingerprint density at radius 1 is 1.35 bits per heavy atom. The number of benzene rings is 1. The van der Waals surface area contributed by atoms with Crippen LogP contribution in [0.25, 0.3) is 0 Å². The normalized spacial score (nSPS) is 9.70. The van der Waals surface area contributed by atoms with Crippen molar-refractivity contribution in [1.82, 2.24) is 10.6 Å². The number of hydrogen-bond acceptors (Lipinski definition) is 4. The maximum Gasteiger partial charge on any atom is 0.282 e. The molecule has 0 bridgehead atoms. The fourth-order valence-electron chi connectivity index (χ4n) is 1.51. The van der Waals surface area contributed by atoms with Crippen molar-refractivity contribution >= 4 is 24.0 Å². The smallest absolute Gasteiger partial charge is 0.282 e. The summed E-state index contributed by atoms with van der Waals surface area (Å²) in [4.78, 5) is 21.8. The molecule has 0 atom stereocenters. The second-order valence-corrected chi connectivity index (χ2v) is 3.92. The predicted molar refractivity (Wildman–Crippen MR) is 75.8 cm³/mol. The Bertz CT molecular complexity index is 471. The Hall–Kier alpha value is -1.73. The average molecular weight is 306 g/mol. The van der Waals surface area contributed by atoms with Crippen molar-refractivity contribution in [3.05, 3.63) is 39.7 Å². The molecule has 8 heteroatoms. The minimum Gasteiger partial charge on any atom is -0.351 e. The third-order valence-corrected chi connectivity index (χ3v) is 2.41. The van der Waals surface area contributed by atoms with Crippen LogP contribution in [0.2, 0.25) is 0 Å². The van der Waals surface area contributed by atoms with Crippen LogP contribution in [0.4, 0.5) is 10.1 Å². The summed E-state index contributed by atoms with van der Waals surface area (Å²) < 4.78 is 13.0. The number of carbonyl (C=O) groups excluding carboxylic acids is 1. The molecule has 0 aliphatic heterocycles. The summed E-state index contributed by atoms with van der Waals surface area (Å²) in [5, 5.41) is 16.3. The predicted octanol–water partition coefficient (Wildman–Crippen LogP) is 1.89. The third kappa shape index (κ3) is 5.50. The quantitative estimate of drug-likeness (QED) is 0.458. The molecule has 1 aromatic rings. The van der Waals surface area contributed by atoms with Gasteiger partial charge in [-0.15, -0.1) is 12.4 Å². The van der Waals surface area contributed by atoms with Crippen molar-refractivity contribution in [1.29, 1.82) is 0 Å². The highest BCUT2D eigenvalue weighted by Crippen LogP contribution is 2.19. The molecule has 0 heterocycles. The van der Waals surface area contributed by atoms with Gasteiger partial charge in [-0.05, 0) is 25.1 Å². The van der Waals surface area contributed by atoms with E-state index in [1.165, 1.54) is 0 Å². The second-order valence-electron chi connectivity index (χ2n) is 3.92. The third-order valence-electron chi connectivity index (χ3n) is 2.41. The van der Waals surface area contributed by atoms with Crippen molar-refractivity contribution in [3.8, 4) is 0 Å². The maximum absolute atomic E-state index is 13.0. The number of nitrogens with one attached hydrogen (secondary N) is 2. The highest BCUT2D eigenvalue weighted by atomic mass is 35.5. The first-order valence-corrected chi connectivity index (χ1v) is 5.99. The van der Waals surface area contributed by atoms with Gasteiger partial charge in [-0.25, -0.2) is 4.39 Å². The lowest BCUT2D eigenvalue weighted by atomic mass is 10.1. The number of nitro groups is 1. The number of nitro benzene ring substituents is 1. The number of amides is 1. The molecule has 1 rings (SSSR count). The molecule has 0 aliphatic rings. The largest absolute Gasteiger partial charge is 0.351 e. The van der Waals surface area contributed by atoms with E-state index in [0.29, 0.717) is 13.1 Å². The van der Waals surface area contributed by atoms with Gasteiger partial charge in [0.1, 0.15) is 11.4 Å². The minimum absolute atomic E-state index is 0. The molecular weight excluding hydrogens is 289 g/mol. The van der Waals surface area contributed by atoms with E-state index in [0.717, 1.165) is 31.2 Å². The van der Waals surface area contributed by atoms with Gasteiger partial charge in [-0.2, -0.15) is 0 Å². The van der Waals surface area contributed by atoms with Crippen molar-refractivity contribution in [2.24, 2.45) is 0 Å². The van der Waals surface area contributed by atoms with E-state index >= 15 is 0 Å². The summed E-state index contributed by atoms with van der Waals surface area (Å²) in [6, 6.07) is 2.81. The first kappa shape index (κ1) is 18.3. The van der Waals surface area contributed by atoms with Crippen molar-refractivity contribution in [3.63, 3.8) is 0 Å². The number of hydrogen-bond donors (Lipinski definition) is 2. The molecule has 0 saturated carbocycles. The monoisotopic (exact) mass is 305 g/mol. The van der Waals surface area contributed by atoms with Crippen molar-refractivity contribution in [2.45, 2.75) is 13.3 Å². The molecule has 20 heavy (non-hydrogen) atoms. The summed E-state index contributed by atoms with van der Waals surface area (Å²) in [6.45, 7) is 3.73. The van der Waals surface area contributed by atoms with Gasteiger partial charge in [0, 0.05) is 19.2 Å². The van der Waals surface area contributed by atoms with Crippen LogP contribution in [0, 0.1) is 15.9 Å². The lowest BCUT2D eigenvalue weighted by molar-refractivity contribution is -0.385. The molecule has 0 radical (unpaired) electrons. The summed E-state index contributed by atoms with van der Waals surface area (Å²) in [5.41, 5.74) is -0.666. The van der Waals surface area contributed by atoms with Gasteiger partial charge >= 0.3 is 0 Å². The number of carbonyl (C=O) groups is 1. The van der Waals surface area contributed by atoms with Crippen molar-refractivity contribution in [2.75, 3.05) is 19.6 Å². The molecule has 0 saturated heterocycles. The van der Waals surface area contributed by atoms with Gasteiger partial charge in [0.2, 0.25) is 0 Å². The zero-order chi connectivity index (χ0) is 14.3. The van der Waals surface area contributed by atoms with Gasteiger partial charge in [0.25, 0.3) is 11.6 Å². The van der Waals surface area contributed by atoms with Crippen LogP contribution in [0.1, 0.15) is 23.7 Å². The van der Waals surface area contributed by atoms with Gasteiger partial charge in [-0.1, -0.05) is 6.92 Å². The molecule has 6 nitrogen and oxygen atoms in total. The van der Waals surface area contributed by atoms with E-state index in [1.54, 1.807) is 0 Å². The first-order chi connectivity index (χ1) is 9.06. The Kier molecular flexibility index (Phi) is 8.42. The van der Waals surface area contributed by atoms with E-state index in [1.807, 2.05) is 6.92 Å². The zero-order valence-corrected chi connectivity index (χ0v) is 11.8. The molecule has 0 aliphatic carbocycles. The molecule has 112 valence electrons. The zero-order valence-electron chi connectivity index (χ0n) is 11.0. The fraction of sp³-hybridized carbons (Fsp3) is 0.417. The van der Waals surface area contributed by atoms with Crippen molar-refractivity contribution < 1.29 is 14.1 Å². The topological polar surface area (TPSA) is 84.3 Å². The first-order valence-electron chi connectivity index (χ1n) is 5.99. The molecule has 0 fully saturated rings. The molecule has 0 unspecified atom stereocenters. The summed E-state index contributed by atoms with van der Waals surface area (Å²) in [7, 11) is 0. The van der Waals surface area contributed by atoms with Gasteiger partial charge < -0.3 is 10.6 Å². The van der Waals surface area contributed by atoms with E-state index < -0.39 is 22.3 Å². The molecule has 1 amide bonds. The molecule has 1 aromatic carbocycles. The van der Waals surface area contributed by atoms with Crippen LogP contribution in [0.3, 0.4) is 0 Å². The molecule has 0 aromatic heterocycles. The Balaban J connectivity index is 0.00000361.